The molecule has 1 aromatic carbocycles. The molecule has 0 saturated carbocycles. The molecule has 3 rings (SSSR count). The zero-order valence-corrected chi connectivity index (χ0v) is 19.1. The Labute approximate surface area is 185 Å². The van der Waals surface area contributed by atoms with Crippen LogP contribution in [0.15, 0.2) is 36.5 Å². The average molecular weight is 424 g/mol. The van der Waals surface area contributed by atoms with Gasteiger partial charge in [0.15, 0.2) is 0 Å². The quantitative estimate of drug-likeness (QED) is 0.686. The number of hydrogen-bond acceptors (Lipinski definition) is 4. The number of amides is 2. The van der Waals surface area contributed by atoms with Gasteiger partial charge in [-0.05, 0) is 61.6 Å². The van der Waals surface area contributed by atoms with Crippen LogP contribution >= 0.6 is 0 Å². The number of aryl methyl sites for hydroxylation is 3. The summed E-state index contributed by atoms with van der Waals surface area (Å²) in [6.07, 6.45) is 4.42. The molecule has 2 heterocycles. The van der Waals surface area contributed by atoms with Gasteiger partial charge in [-0.3, -0.25) is 14.6 Å². The van der Waals surface area contributed by atoms with Gasteiger partial charge in [-0.1, -0.05) is 12.1 Å². The molecule has 1 unspecified atom stereocenters. The number of pyridine rings is 1. The maximum atomic E-state index is 13.0. The molecular weight excluding hydrogens is 390 g/mol. The molecular formula is C25H33N3O3. The molecule has 166 valence electrons. The Kier molecular flexibility index (Phi) is 7.66. The summed E-state index contributed by atoms with van der Waals surface area (Å²) < 4.78 is 5.39. The standard InChI is InChI=1S/C25H33N3O3/c1-18-15-23(31-4)19(2)14-20(18)8-7-10-24(29)28-13-12-27(3)25(30)21(17-28)16-22-9-5-6-11-26-22/h5-6,9,11,14-15,21H,7-8,10,12-13,16-17H2,1-4H3. The normalized spacial score (nSPS) is 16.9. The van der Waals surface area contributed by atoms with E-state index in [-0.39, 0.29) is 17.7 Å². The van der Waals surface area contributed by atoms with Gasteiger partial charge in [0.25, 0.3) is 0 Å². The number of aromatic nitrogens is 1. The minimum atomic E-state index is -0.252. The van der Waals surface area contributed by atoms with Crippen LogP contribution in [0.25, 0.3) is 0 Å². The highest BCUT2D eigenvalue weighted by molar-refractivity contribution is 5.82. The molecule has 6 heteroatoms. The number of ether oxygens (including phenoxy) is 1. The van der Waals surface area contributed by atoms with Gasteiger partial charge in [0, 0.05) is 51.4 Å². The lowest BCUT2D eigenvalue weighted by atomic mass is 9.99. The number of hydrogen-bond donors (Lipinski definition) is 0. The van der Waals surface area contributed by atoms with Gasteiger partial charge in [0.2, 0.25) is 11.8 Å². The zero-order chi connectivity index (χ0) is 22.4. The molecule has 0 aliphatic carbocycles. The molecule has 1 aromatic heterocycles. The van der Waals surface area contributed by atoms with Crippen molar-refractivity contribution in [3.63, 3.8) is 0 Å². The molecule has 6 nitrogen and oxygen atoms in total. The van der Waals surface area contributed by atoms with E-state index in [1.54, 1.807) is 18.2 Å². The highest BCUT2D eigenvalue weighted by Gasteiger charge is 2.30. The molecule has 0 N–H and O–H groups in total. The monoisotopic (exact) mass is 423 g/mol. The highest BCUT2D eigenvalue weighted by Crippen LogP contribution is 2.24. The Morgan fingerprint density at radius 2 is 2.00 bits per heavy atom. The van der Waals surface area contributed by atoms with Crippen LogP contribution in [-0.2, 0) is 22.4 Å². The first-order valence-corrected chi connectivity index (χ1v) is 11.0. The number of likely N-dealkylation sites (N-methyl/N-ethyl adjacent to an activating group) is 1. The van der Waals surface area contributed by atoms with E-state index in [4.69, 9.17) is 4.74 Å². The topological polar surface area (TPSA) is 62.7 Å². The first-order valence-electron chi connectivity index (χ1n) is 11.0. The van der Waals surface area contributed by atoms with Crippen molar-refractivity contribution in [1.82, 2.24) is 14.8 Å². The average Bonchev–Trinajstić information content (AvgIpc) is 2.90. The van der Waals surface area contributed by atoms with Crippen LogP contribution in [-0.4, -0.2) is 60.4 Å². The van der Waals surface area contributed by atoms with Crippen molar-refractivity contribution in [3.05, 3.63) is 58.9 Å². The van der Waals surface area contributed by atoms with E-state index in [0.717, 1.165) is 29.8 Å². The van der Waals surface area contributed by atoms with Crippen LogP contribution < -0.4 is 4.74 Å². The maximum absolute atomic E-state index is 13.0. The molecule has 0 spiro atoms. The van der Waals surface area contributed by atoms with E-state index in [9.17, 15) is 9.59 Å². The third-order valence-corrected chi connectivity index (χ3v) is 6.10. The van der Waals surface area contributed by atoms with Gasteiger partial charge in [-0.25, -0.2) is 0 Å². The summed E-state index contributed by atoms with van der Waals surface area (Å²) in [5.74, 6) is 0.856. The van der Waals surface area contributed by atoms with Crippen LogP contribution in [0, 0.1) is 19.8 Å². The summed E-state index contributed by atoms with van der Waals surface area (Å²) in [6.45, 7) is 5.73. The van der Waals surface area contributed by atoms with E-state index in [1.165, 1.54) is 11.1 Å². The molecule has 1 atom stereocenters. The summed E-state index contributed by atoms with van der Waals surface area (Å²) in [6, 6.07) is 9.95. The van der Waals surface area contributed by atoms with Crippen LogP contribution in [0.4, 0.5) is 0 Å². The Morgan fingerprint density at radius 3 is 2.71 bits per heavy atom. The van der Waals surface area contributed by atoms with Crippen molar-refractivity contribution in [3.8, 4) is 5.75 Å². The minimum Gasteiger partial charge on any atom is -0.496 e. The Morgan fingerprint density at radius 1 is 1.19 bits per heavy atom. The lowest BCUT2D eigenvalue weighted by Gasteiger charge is -2.23. The maximum Gasteiger partial charge on any atom is 0.227 e. The number of methoxy groups -OCH3 is 1. The third kappa shape index (κ3) is 5.84. The number of benzene rings is 1. The van der Waals surface area contributed by atoms with Crippen molar-refractivity contribution < 1.29 is 14.3 Å². The lowest BCUT2D eigenvalue weighted by Crippen LogP contribution is -2.37. The molecule has 0 bridgehead atoms. The second kappa shape index (κ2) is 10.4. The fourth-order valence-corrected chi connectivity index (χ4v) is 4.20. The molecule has 2 aromatic rings. The van der Waals surface area contributed by atoms with Gasteiger partial charge in [-0.2, -0.15) is 0 Å². The van der Waals surface area contributed by atoms with E-state index >= 15 is 0 Å². The Balaban J connectivity index is 1.60. The van der Waals surface area contributed by atoms with E-state index < -0.39 is 0 Å². The van der Waals surface area contributed by atoms with Crippen LogP contribution in [0.2, 0.25) is 0 Å². The summed E-state index contributed by atoms with van der Waals surface area (Å²) in [5, 5.41) is 0. The smallest absolute Gasteiger partial charge is 0.227 e. The number of carbonyl (C=O) groups is 2. The van der Waals surface area contributed by atoms with Crippen molar-refractivity contribution in [1.29, 1.82) is 0 Å². The van der Waals surface area contributed by atoms with E-state index in [1.807, 2.05) is 37.1 Å². The molecule has 1 aliphatic heterocycles. The number of rotatable bonds is 7. The first-order chi connectivity index (χ1) is 14.9. The summed E-state index contributed by atoms with van der Waals surface area (Å²) in [5.41, 5.74) is 4.44. The molecule has 1 aliphatic rings. The Bertz CT molecular complexity index is 914. The fraction of sp³-hybridized carbons (Fsp3) is 0.480. The predicted molar refractivity (Wildman–Crippen MR) is 121 cm³/mol. The van der Waals surface area contributed by atoms with E-state index in [2.05, 4.69) is 24.0 Å². The number of nitrogens with zero attached hydrogens (tertiary/aromatic N) is 3. The largest absolute Gasteiger partial charge is 0.496 e. The summed E-state index contributed by atoms with van der Waals surface area (Å²) in [4.78, 5) is 33.7. The third-order valence-electron chi connectivity index (χ3n) is 6.10. The number of carbonyl (C=O) groups excluding carboxylic acids is 2. The Hall–Kier alpha value is -2.89. The molecule has 0 radical (unpaired) electrons. The lowest BCUT2D eigenvalue weighted by molar-refractivity contribution is -0.134. The summed E-state index contributed by atoms with van der Waals surface area (Å²) >= 11 is 0. The van der Waals surface area contributed by atoms with Crippen LogP contribution in [0.1, 0.15) is 35.2 Å². The van der Waals surface area contributed by atoms with Crippen molar-refractivity contribution in [2.24, 2.45) is 5.92 Å². The van der Waals surface area contributed by atoms with Gasteiger partial charge >= 0.3 is 0 Å². The van der Waals surface area contributed by atoms with E-state index in [0.29, 0.717) is 32.5 Å². The van der Waals surface area contributed by atoms with Gasteiger partial charge in [0.1, 0.15) is 5.75 Å². The van der Waals surface area contributed by atoms with Gasteiger partial charge in [-0.15, -0.1) is 0 Å². The van der Waals surface area contributed by atoms with Crippen molar-refractivity contribution >= 4 is 11.8 Å². The molecule has 2 amide bonds. The summed E-state index contributed by atoms with van der Waals surface area (Å²) in [7, 11) is 3.50. The van der Waals surface area contributed by atoms with Gasteiger partial charge < -0.3 is 14.5 Å². The highest BCUT2D eigenvalue weighted by atomic mass is 16.5. The minimum absolute atomic E-state index is 0.0882. The second-order valence-corrected chi connectivity index (χ2v) is 8.42. The fourth-order valence-electron chi connectivity index (χ4n) is 4.20. The van der Waals surface area contributed by atoms with Crippen LogP contribution in [0.5, 0.6) is 5.75 Å². The van der Waals surface area contributed by atoms with Crippen LogP contribution in [0.3, 0.4) is 0 Å². The molecule has 1 fully saturated rings. The first kappa shape index (κ1) is 22.8. The zero-order valence-electron chi connectivity index (χ0n) is 19.1. The molecule has 1 saturated heterocycles. The SMILES string of the molecule is COc1cc(C)c(CCCC(=O)N2CCN(C)C(=O)C(Cc3ccccn3)C2)cc1C. The predicted octanol–water partition coefficient (Wildman–Crippen LogP) is 3.19. The second-order valence-electron chi connectivity index (χ2n) is 8.42. The van der Waals surface area contributed by atoms with Gasteiger partial charge in [0.05, 0.1) is 13.0 Å². The van der Waals surface area contributed by atoms with Crippen molar-refractivity contribution in [2.45, 2.75) is 39.5 Å². The molecule has 31 heavy (non-hydrogen) atoms. The van der Waals surface area contributed by atoms with Crippen molar-refractivity contribution in [2.75, 3.05) is 33.8 Å².